The predicted octanol–water partition coefficient (Wildman–Crippen LogP) is 3.50. The second-order valence-electron chi connectivity index (χ2n) is 5.24. The Kier molecular flexibility index (Phi) is 7.90. The molecule has 0 spiro atoms. The average Bonchev–Trinajstić information content (AvgIpc) is 2.61. The monoisotopic (exact) mass is 440 g/mol. The van der Waals surface area contributed by atoms with Crippen molar-refractivity contribution in [1.29, 1.82) is 0 Å². The van der Waals surface area contributed by atoms with Gasteiger partial charge in [-0.1, -0.05) is 27.5 Å². The molecule has 0 saturated heterocycles. The van der Waals surface area contributed by atoms with Crippen molar-refractivity contribution in [3.8, 4) is 5.75 Å². The molecule has 0 aliphatic heterocycles. The Morgan fingerprint density at radius 2 is 1.88 bits per heavy atom. The van der Waals surface area contributed by atoms with E-state index < -0.39 is 0 Å². The van der Waals surface area contributed by atoms with Gasteiger partial charge in [-0.15, -0.1) is 0 Å². The van der Waals surface area contributed by atoms with Crippen LogP contribution in [-0.4, -0.2) is 38.7 Å². The maximum absolute atomic E-state index is 12.0. The van der Waals surface area contributed by atoms with Crippen LogP contribution in [0.3, 0.4) is 0 Å². The van der Waals surface area contributed by atoms with Gasteiger partial charge in [-0.05, 0) is 42.5 Å². The Labute approximate surface area is 164 Å². The fraction of sp³-hybridized carbons (Fsp3) is 0.222. The molecule has 0 aliphatic rings. The molecule has 0 fully saturated rings. The summed E-state index contributed by atoms with van der Waals surface area (Å²) in [6, 6.07) is 11.7. The van der Waals surface area contributed by atoms with Gasteiger partial charge >= 0.3 is 0 Å². The van der Waals surface area contributed by atoms with Crippen molar-refractivity contribution in [2.24, 2.45) is 0 Å². The molecule has 0 unspecified atom stereocenters. The van der Waals surface area contributed by atoms with Crippen molar-refractivity contribution in [2.45, 2.75) is 0 Å². The molecule has 2 rings (SSSR count). The van der Waals surface area contributed by atoms with Crippen LogP contribution in [0.4, 0.5) is 5.69 Å². The van der Waals surface area contributed by atoms with E-state index in [1.165, 1.54) is 0 Å². The van der Waals surface area contributed by atoms with Crippen LogP contribution in [0.5, 0.6) is 5.75 Å². The first-order valence-corrected chi connectivity index (χ1v) is 8.91. The van der Waals surface area contributed by atoms with E-state index >= 15 is 0 Å². The molecule has 0 radical (unpaired) electrons. The molecule has 0 atom stereocenters. The van der Waals surface area contributed by atoms with Crippen LogP contribution in [-0.2, 0) is 9.53 Å². The molecule has 2 amide bonds. The van der Waals surface area contributed by atoms with Crippen LogP contribution in [0.25, 0.3) is 0 Å². The third-order valence-electron chi connectivity index (χ3n) is 3.28. The molecule has 0 aliphatic carbocycles. The van der Waals surface area contributed by atoms with Crippen LogP contribution in [0.15, 0.2) is 46.9 Å². The molecule has 0 bridgehead atoms. The van der Waals surface area contributed by atoms with Crippen LogP contribution in [0.2, 0.25) is 5.02 Å². The normalized spacial score (nSPS) is 10.3. The summed E-state index contributed by atoms with van der Waals surface area (Å²) in [7, 11) is 1.57. The lowest BCUT2D eigenvalue weighted by Gasteiger charge is -2.10. The Morgan fingerprint density at radius 3 is 2.54 bits per heavy atom. The molecule has 0 heterocycles. The Balaban J connectivity index is 1.84. The number of carbonyl (C=O) groups excluding carboxylic acids is 2. The maximum atomic E-state index is 12.0. The number of hydrogen-bond donors (Lipinski definition) is 2. The zero-order valence-electron chi connectivity index (χ0n) is 14.1. The van der Waals surface area contributed by atoms with Gasteiger partial charge in [0.2, 0.25) is 0 Å². The lowest BCUT2D eigenvalue weighted by atomic mass is 10.2. The summed E-state index contributed by atoms with van der Waals surface area (Å²) < 4.78 is 11.1. The summed E-state index contributed by atoms with van der Waals surface area (Å²) in [5.74, 6) is -0.109. The van der Waals surface area contributed by atoms with Gasteiger partial charge in [0, 0.05) is 29.4 Å². The van der Waals surface area contributed by atoms with E-state index in [0.29, 0.717) is 35.2 Å². The Morgan fingerprint density at radius 1 is 1.15 bits per heavy atom. The van der Waals surface area contributed by atoms with Crippen molar-refractivity contribution in [3.63, 3.8) is 0 Å². The number of halogens is 2. The number of amides is 2. The molecule has 2 aromatic carbocycles. The van der Waals surface area contributed by atoms with Crippen molar-refractivity contribution in [2.75, 3.05) is 32.2 Å². The molecule has 138 valence electrons. The molecular weight excluding hydrogens is 424 g/mol. The van der Waals surface area contributed by atoms with Crippen LogP contribution >= 0.6 is 27.5 Å². The van der Waals surface area contributed by atoms with Gasteiger partial charge in [-0.3, -0.25) is 9.59 Å². The van der Waals surface area contributed by atoms with Gasteiger partial charge < -0.3 is 20.1 Å². The molecule has 2 aromatic rings. The summed E-state index contributed by atoms with van der Waals surface area (Å²) in [5.41, 5.74) is 1.06. The lowest BCUT2D eigenvalue weighted by Crippen LogP contribution is -2.26. The standard InChI is InChI=1S/C18H18BrClN2O4/c1-25-9-8-21-18(24)12-2-5-14(6-3-12)22-17(23)11-26-16-7-4-13(19)10-15(16)20/h2-7,10H,8-9,11H2,1H3,(H,21,24)(H,22,23). The number of methoxy groups -OCH3 is 1. The smallest absolute Gasteiger partial charge is 0.262 e. The van der Waals surface area contributed by atoms with Crippen molar-refractivity contribution >= 4 is 45.0 Å². The van der Waals surface area contributed by atoms with E-state index in [1.54, 1.807) is 49.6 Å². The molecule has 6 nitrogen and oxygen atoms in total. The van der Waals surface area contributed by atoms with E-state index in [9.17, 15) is 9.59 Å². The van der Waals surface area contributed by atoms with E-state index in [-0.39, 0.29) is 18.4 Å². The molecule has 0 aromatic heterocycles. The molecule has 2 N–H and O–H groups in total. The summed E-state index contributed by atoms with van der Waals surface area (Å²) in [5, 5.41) is 5.83. The summed E-state index contributed by atoms with van der Waals surface area (Å²) in [6.07, 6.45) is 0. The minimum Gasteiger partial charge on any atom is -0.482 e. The fourth-order valence-electron chi connectivity index (χ4n) is 2.01. The van der Waals surface area contributed by atoms with Gasteiger partial charge in [0.05, 0.1) is 11.6 Å². The SMILES string of the molecule is COCCNC(=O)c1ccc(NC(=O)COc2ccc(Br)cc2Cl)cc1. The number of rotatable bonds is 8. The Hall–Kier alpha value is -2.09. The summed E-state index contributed by atoms with van der Waals surface area (Å²) >= 11 is 9.33. The highest BCUT2D eigenvalue weighted by atomic mass is 79.9. The fourth-order valence-corrected chi connectivity index (χ4v) is 2.73. The van der Waals surface area contributed by atoms with Crippen molar-refractivity contribution in [1.82, 2.24) is 5.32 Å². The zero-order valence-corrected chi connectivity index (χ0v) is 16.4. The number of benzene rings is 2. The number of carbonyl (C=O) groups is 2. The van der Waals surface area contributed by atoms with E-state index in [0.717, 1.165) is 4.47 Å². The van der Waals surface area contributed by atoms with E-state index in [1.807, 2.05) is 0 Å². The second-order valence-corrected chi connectivity index (χ2v) is 6.56. The molecular formula is C18H18BrClN2O4. The molecule has 8 heteroatoms. The quantitative estimate of drug-likeness (QED) is 0.615. The van der Waals surface area contributed by atoms with E-state index in [4.69, 9.17) is 21.1 Å². The second kappa shape index (κ2) is 10.2. The number of nitrogens with one attached hydrogen (secondary N) is 2. The predicted molar refractivity (Wildman–Crippen MR) is 104 cm³/mol. The first kappa shape index (κ1) is 20.2. The van der Waals surface area contributed by atoms with Gasteiger partial charge in [-0.2, -0.15) is 0 Å². The first-order chi connectivity index (χ1) is 12.5. The van der Waals surface area contributed by atoms with Crippen LogP contribution in [0, 0.1) is 0 Å². The van der Waals surface area contributed by atoms with Crippen molar-refractivity contribution < 1.29 is 19.1 Å². The van der Waals surface area contributed by atoms with Crippen LogP contribution < -0.4 is 15.4 Å². The third-order valence-corrected chi connectivity index (χ3v) is 4.06. The molecule has 0 saturated carbocycles. The third kappa shape index (κ3) is 6.33. The summed E-state index contributed by atoms with van der Waals surface area (Å²) in [4.78, 5) is 23.9. The molecule has 26 heavy (non-hydrogen) atoms. The largest absolute Gasteiger partial charge is 0.482 e. The minimum atomic E-state index is -0.332. The zero-order chi connectivity index (χ0) is 18.9. The number of ether oxygens (including phenoxy) is 2. The highest BCUT2D eigenvalue weighted by molar-refractivity contribution is 9.10. The number of anilines is 1. The Bertz CT molecular complexity index is 768. The van der Waals surface area contributed by atoms with Gasteiger partial charge in [0.25, 0.3) is 11.8 Å². The van der Waals surface area contributed by atoms with E-state index in [2.05, 4.69) is 26.6 Å². The van der Waals surface area contributed by atoms with Gasteiger partial charge in [0.15, 0.2) is 6.61 Å². The lowest BCUT2D eigenvalue weighted by molar-refractivity contribution is -0.118. The highest BCUT2D eigenvalue weighted by Crippen LogP contribution is 2.27. The minimum absolute atomic E-state index is 0.180. The van der Waals surface area contributed by atoms with Crippen molar-refractivity contribution in [3.05, 3.63) is 57.5 Å². The van der Waals surface area contributed by atoms with Gasteiger partial charge in [0.1, 0.15) is 5.75 Å². The van der Waals surface area contributed by atoms with Gasteiger partial charge in [-0.25, -0.2) is 0 Å². The van der Waals surface area contributed by atoms with Crippen LogP contribution in [0.1, 0.15) is 10.4 Å². The highest BCUT2D eigenvalue weighted by Gasteiger charge is 2.08. The first-order valence-electron chi connectivity index (χ1n) is 7.74. The topological polar surface area (TPSA) is 76.7 Å². The maximum Gasteiger partial charge on any atom is 0.262 e. The summed E-state index contributed by atoms with van der Waals surface area (Å²) in [6.45, 7) is 0.701. The average molecular weight is 442 g/mol. The number of hydrogen-bond acceptors (Lipinski definition) is 4.